The number of hydrogen-bond donors (Lipinski definition) is 2. The molecule has 0 aromatic heterocycles. The van der Waals surface area contributed by atoms with Crippen molar-refractivity contribution in [1.82, 2.24) is 5.32 Å². The third-order valence-corrected chi connectivity index (χ3v) is 1.92. The molecule has 0 bridgehead atoms. The molecule has 0 radical (unpaired) electrons. The van der Waals surface area contributed by atoms with Gasteiger partial charge >= 0.3 is 6.03 Å². The molecule has 2 N–H and O–H groups in total. The molecule has 17 heavy (non-hydrogen) atoms. The second kappa shape index (κ2) is 5.57. The Balaban J connectivity index is 2.71. The molecule has 4 nitrogen and oxygen atoms in total. The molecule has 1 aromatic carbocycles. The van der Waals surface area contributed by atoms with Crippen LogP contribution < -0.4 is 15.4 Å². The van der Waals surface area contributed by atoms with Crippen molar-refractivity contribution in [2.24, 2.45) is 0 Å². The van der Waals surface area contributed by atoms with Gasteiger partial charge in [0.05, 0.1) is 12.3 Å². The van der Waals surface area contributed by atoms with Gasteiger partial charge in [0, 0.05) is 5.54 Å². The molecule has 0 aliphatic carbocycles. The van der Waals surface area contributed by atoms with E-state index in [0.717, 1.165) is 0 Å². The lowest BCUT2D eigenvalue weighted by molar-refractivity contribution is 0.243. The molecule has 0 saturated carbocycles. The number of ether oxygens (including phenoxy) is 1. The Bertz CT molecular complexity index is 383. The molecule has 0 heterocycles. The molecule has 1 rings (SSSR count). The third-order valence-electron chi connectivity index (χ3n) is 1.92. The molecule has 0 spiro atoms. The van der Waals surface area contributed by atoms with E-state index in [-0.39, 0.29) is 11.6 Å². The second-order valence-electron chi connectivity index (χ2n) is 4.76. The van der Waals surface area contributed by atoms with E-state index in [1.54, 1.807) is 0 Å². The summed E-state index contributed by atoms with van der Waals surface area (Å²) in [6.07, 6.45) is 0. The van der Waals surface area contributed by atoms with Crippen molar-refractivity contribution >= 4 is 11.7 Å². The molecule has 0 aliphatic rings. The molecule has 94 valence electrons. The van der Waals surface area contributed by atoms with E-state index in [4.69, 9.17) is 4.74 Å². The van der Waals surface area contributed by atoms with Crippen molar-refractivity contribution in [1.29, 1.82) is 0 Å². The molecule has 0 atom stereocenters. The number of para-hydroxylation sites is 2. The van der Waals surface area contributed by atoms with Gasteiger partial charge in [-0.15, -0.1) is 0 Å². The van der Waals surface area contributed by atoms with Crippen molar-refractivity contribution in [2.45, 2.75) is 33.2 Å². The van der Waals surface area contributed by atoms with Gasteiger partial charge in [0.25, 0.3) is 0 Å². The zero-order chi connectivity index (χ0) is 12.9. The van der Waals surface area contributed by atoms with Crippen LogP contribution in [-0.4, -0.2) is 18.2 Å². The van der Waals surface area contributed by atoms with Gasteiger partial charge in [0.15, 0.2) is 0 Å². The predicted octanol–water partition coefficient (Wildman–Crippen LogP) is 3.01. The monoisotopic (exact) mass is 236 g/mol. The van der Waals surface area contributed by atoms with Crippen molar-refractivity contribution < 1.29 is 9.53 Å². The molecular weight excluding hydrogens is 216 g/mol. The summed E-state index contributed by atoms with van der Waals surface area (Å²) in [4.78, 5) is 11.7. The highest BCUT2D eigenvalue weighted by molar-refractivity contribution is 5.91. The first-order chi connectivity index (χ1) is 7.92. The van der Waals surface area contributed by atoms with E-state index in [1.807, 2.05) is 52.0 Å². The average molecular weight is 236 g/mol. The number of carbonyl (C=O) groups is 1. The molecular formula is C13H20N2O2. The molecule has 1 aromatic rings. The Kier molecular flexibility index (Phi) is 4.37. The van der Waals surface area contributed by atoms with Crippen molar-refractivity contribution in [2.75, 3.05) is 11.9 Å². The van der Waals surface area contributed by atoms with Crippen LogP contribution in [0.2, 0.25) is 0 Å². The lowest BCUT2D eigenvalue weighted by atomic mass is 10.1. The van der Waals surface area contributed by atoms with Gasteiger partial charge in [-0.25, -0.2) is 4.79 Å². The maximum absolute atomic E-state index is 11.7. The van der Waals surface area contributed by atoms with Crippen LogP contribution in [0.3, 0.4) is 0 Å². The van der Waals surface area contributed by atoms with Gasteiger partial charge in [0.1, 0.15) is 5.75 Å². The number of urea groups is 1. The summed E-state index contributed by atoms with van der Waals surface area (Å²) in [5, 5.41) is 5.61. The Morgan fingerprint density at radius 2 is 1.94 bits per heavy atom. The first-order valence-corrected chi connectivity index (χ1v) is 5.73. The van der Waals surface area contributed by atoms with Gasteiger partial charge in [-0.2, -0.15) is 0 Å². The largest absolute Gasteiger partial charge is 0.492 e. The minimum Gasteiger partial charge on any atom is -0.492 e. The highest BCUT2D eigenvalue weighted by Gasteiger charge is 2.14. The van der Waals surface area contributed by atoms with Crippen molar-refractivity contribution in [3.8, 4) is 5.75 Å². The van der Waals surface area contributed by atoms with E-state index in [9.17, 15) is 4.79 Å². The summed E-state index contributed by atoms with van der Waals surface area (Å²) in [5.74, 6) is 0.680. The Hall–Kier alpha value is -1.71. The molecule has 0 saturated heterocycles. The third kappa shape index (κ3) is 4.76. The fourth-order valence-electron chi connectivity index (χ4n) is 1.35. The molecule has 0 fully saturated rings. The Morgan fingerprint density at radius 1 is 1.29 bits per heavy atom. The van der Waals surface area contributed by atoms with Crippen LogP contribution in [0.1, 0.15) is 27.7 Å². The number of hydrogen-bond acceptors (Lipinski definition) is 2. The summed E-state index contributed by atoms with van der Waals surface area (Å²) in [6.45, 7) is 8.27. The zero-order valence-electron chi connectivity index (χ0n) is 10.8. The van der Waals surface area contributed by atoms with Crippen LogP contribution >= 0.6 is 0 Å². The number of carbonyl (C=O) groups excluding carboxylic acids is 1. The van der Waals surface area contributed by atoms with Gasteiger partial charge in [-0.3, -0.25) is 0 Å². The zero-order valence-corrected chi connectivity index (χ0v) is 10.8. The van der Waals surface area contributed by atoms with Crippen LogP contribution in [0, 0.1) is 0 Å². The molecule has 0 aliphatic heterocycles. The van der Waals surface area contributed by atoms with Crippen LogP contribution in [-0.2, 0) is 0 Å². The van der Waals surface area contributed by atoms with Crippen molar-refractivity contribution in [3.63, 3.8) is 0 Å². The number of rotatable bonds is 3. The van der Waals surface area contributed by atoms with E-state index >= 15 is 0 Å². The highest BCUT2D eigenvalue weighted by Crippen LogP contribution is 2.23. The Labute approximate surface area is 102 Å². The van der Waals surface area contributed by atoms with Crippen LogP contribution in [0.4, 0.5) is 10.5 Å². The fourth-order valence-corrected chi connectivity index (χ4v) is 1.35. The topological polar surface area (TPSA) is 50.4 Å². The molecule has 0 unspecified atom stereocenters. The van der Waals surface area contributed by atoms with E-state index < -0.39 is 0 Å². The average Bonchev–Trinajstić information content (AvgIpc) is 2.18. The Morgan fingerprint density at radius 3 is 2.53 bits per heavy atom. The summed E-state index contributed by atoms with van der Waals surface area (Å²) < 4.78 is 5.43. The summed E-state index contributed by atoms with van der Waals surface area (Å²) in [5.41, 5.74) is 0.418. The van der Waals surface area contributed by atoms with Crippen molar-refractivity contribution in [3.05, 3.63) is 24.3 Å². The lowest BCUT2D eigenvalue weighted by Crippen LogP contribution is -2.43. The highest BCUT2D eigenvalue weighted by atomic mass is 16.5. The first-order valence-electron chi connectivity index (χ1n) is 5.73. The number of anilines is 1. The summed E-state index contributed by atoms with van der Waals surface area (Å²) >= 11 is 0. The molecule has 2 amide bonds. The minimum absolute atomic E-state index is 0.232. The number of nitrogens with one attached hydrogen (secondary N) is 2. The van der Waals surface area contributed by atoms with Gasteiger partial charge in [0.2, 0.25) is 0 Å². The first kappa shape index (κ1) is 13.4. The maximum atomic E-state index is 11.7. The smallest absolute Gasteiger partial charge is 0.319 e. The van der Waals surface area contributed by atoms with Gasteiger partial charge in [-0.05, 0) is 39.8 Å². The fraction of sp³-hybridized carbons (Fsp3) is 0.462. The predicted molar refractivity (Wildman–Crippen MR) is 69.5 cm³/mol. The van der Waals surface area contributed by atoms with E-state index in [2.05, 4.69) is 10.6 Å². The quantitative estimate of drug-likeness (QED) is 0.847. The van der Waals surface area contributed by atoms with E-state index in [0.29, 0.717) is 18.0 Å². The summed E-state index contributed by atoms with van der Waals surface area (Å²) in [6, 6.07) is 7.14. The number of amides is 2. The summed E-state index contributed by atoms with van der Waals surface area (Å²) in [7, 11) is 0. The van der Waals surface area contributed by atoms with Crippen LogP contribution in [0.5, 0.6) is 5.75 Å². The normalized spacial score (nSPS) is 10.8. The van der Waals surface area contributed by atoms with Crippen LogP contribution in [0.25, 0.3) is 0 Å². The molecule has 4 heteroatoms. The number of benzene rings is 1. The maximum Gasteiger partial charge on any atom is 0.319 e. The SMILES string of the molecule is CCOc1ccccc1NC(=O)NC(C)(C)C. The van der Waals surface area contributed by atoms with E-state index in [1.165, 1.54) is 0 Å². The van der Waals surface area contributed by atoms with Gasteiger partial charge < -0.3 is 15.4 Å². The van der Waals surface area contributed by atoms with Crippen LogP contribution in [0.15, 0.2) is 24.3 Å². The minimum atomic E-state index is -0.259. The lowest BCUT2D eigenvalue weighted by Gasteiger charge is -2.21. The standard InChI is InChI=1S/C13H20N2O2/c1-5-17-11-9-7-6-8-10(11)14-12(16)15-13(2,3)4/h6-9H,5H2,1-4H3,(H2,14,15,16). The second-order valence-corrected chi connectivity index (χ2v) is 4.76. The van der Waals surface area contributed by atoms with Gasteiger partial charge in [-0.1, -0.05) is 12.1 Å².